The van der Waals surface area contributed by atoms with Crippen LogP contribution >= 0.6 is 34.4 Å². The average molecular weight is 650 g/mol. The van der Waals surface area contributed by atoms with E-state index in [1.165, 1.54) is 36.4 Å². The first-order valence-corrected chi connectivity index (χ1v) is 13.3. The molecule has 1 N–H and O–H groups in total. The Morgan fingerprint density at radius 2 is 1.82 bits per heavy atom. The third kappa shape index (κ3) is 6.70. The van der Waals surface area contributed by atoms with Crippen LogP contribution in [-0.2, 0) is 16.2 Å². The molecule has 0 spiro atoms. The number of carbonyl (C=O) groups is 3. The van der Waals surface area contributed by atoms with Gasteiger partial charge in [0, 0.05) is 11.3 Å². The van der Waals surface area contributed by atoms with Gasteiger partial charge in [-0.25, -0.2) is 8.78 Å². The summed E-state index contributed by atoms with van der Waals surface area (Å²) in [7, 11) is 0. The number of nitrogens with one attached hydrogen (secondary N) is 1. The number of nitrogens with zero attached hydrogens (tertiary/aromatic N) is 1. The van der Waals surface area contributed by atoms with Gasteiger partial charge in [-0.05, 0) is 95.4 Å². The van der Waals surface area contributed by atoms with Crippen molar-refractivity contribution in [2.24, 2.45) is 0 Å². The van der Waals surface area contributed by atoms with E-state index >= 15 is 0 Å². The molecule has 3 aromatic rings. The van der Waals surface area contributed by atoms with Crippen LogP contribution in [-0.4, -0.2) is 35.1 Å². The van der Waals surface area contributed by atoms with Gasteiger partial charge < -0.3 is 14.8 Å². The number of hydrogen-bond donors (Lipinski definition) is 1. The molecule has 11 heteroatoms. The lowest BCUT2D eigenvalue weighted by Gasteiger charge is -2.15. The van der Waals surface area contributed by atoms with Gasteiger partial charge in [-0.15, -0.1) is 0 Å². The van der Waals surface area contributed by atoms with Crippen LogP contribution in [0, 0.1) is 15.2 Å². The molecule has 0 aromatic heterocycles. The SMILES string of the molecule is CCOc1cc(/C=C2\SC(=O)N(CC(=O)Nc3ccc(F)cc3)C2=O)cc(I)c1OCc1ccccc1F. The monoisotopic (exact) mass is 650 g/mol. The summed E-state index contributed by atoms with van der Waals surface area (Å²) in [5.74, 6) is -1.20. The maximum atomic E-state index is 14.0. The Morgan fingerprint density at radius 3 is 2.53 bits per heavy atom. The van der Waals surface area contributed by atoms with Crippen LogP contribution in [0.15, 0.2) is 65.6 Å². The zero-order valence-corrected chi connectivity index (χ0v) is 23.0. The summed E-state index contributed by atoms with van der Waals surface area (Å²) in [6.07, 6.45) is 1.54. The van der Waals surface area contributed by atoms with Crippen LogP contribution in [0.5, 0.6) is 11.5 Å². The van der Waals surface area contributed by atoms with E-state index in [-0.39, 0.29) is 17.3 Å². The summed E-state index contributed by atoms with van der Waals surface area (Å²) in [5.41, 5.74) is 1.32. The number of halogens is 3. The minimum Gasteiger partial charge on any atom is -0.490 e. The van der Waals surface area contributed by atoms with Gasteiger partial charge in [0.15, 0.2) is 11.5 Å². The third-order valence-corrected chi connectivity index (χ3v) is 6.97. The molecular weight excluding hydrogens is 629 g/mol. The van der Waals surface area contributed by atoms with Gasteiger partial charge in [0.1, 0.15) is 24.8 Å². The number of carbonyl (C=O) groups excluding carboxylic acids is 3. The van der Waals surface area contributed by atoms with Crippen LogP contribution in [0.4, 0.5) is 19.3 Å². The summed E-state index contributed by atoms with van der Waals surface area (Å²) in [6, 6.07) is 14.8. The van der Waals surface area contributed by atoms with Crippen LogP contribution in [0.2, 0.25) is 0 Å². The summed E-state index contributed by atoms with van der Waals surface area (Å²) in [4.78, 5) is 38.7. The molecule has 3 amide bonds. The first kappa shape index (κ1) is 27.6. The van der Waals surface area contributed by atoms with E-state index in [0.717, 1.165) is 16.7 Å². The summed E-state index contributed by atoms with van der Waals surface area (Å²) < 4.78 is 39.3. The third-order valence-electron chi connectivity index (χ3n) is 5.26. The molecular formula is C27H21F2IN2O5S. The molecule has 1 aliphatic rings. The second-order valence-corrected chi connectivity index (χ2v) is 10.1. The van der Waals surface area contributed by atoms with Crippen molar-refractivity contribution < 1.29 is 32.6 Å². The zero-order valence-electron chi connectivity index (χ0n) is 20.0. The molecule has 0 unspecified atom stereocenters. The Hall–Kier alpha value is -3.45. The molecule has 1 aliphatic heterocycles. The Labute approximate surface area is 235 Å². The molecule has 7 nitrogen and oxygen atoms in total. The van der Waals surface area contributed by atoms with Crippen molar-refractivity contribution in [3.05, 3.63) is 91.9 Å². The first-order valence-electron chi connectivity index (χ1n) is 11.4. The summed E-state index contributed by atoms with van der Waals surface area (Å²) in [6.45, 7) is 1.67. The Bertz CT molecular complexity index is 1420. The lowest BCUT2D eigenvalue weighted by atomic mass is 10.1. The molecule has 0 radical (unpaired) electrons. The van der Waals surface area contributed by atoms with Gasteiger partial charge in [-0.3, -0.25) is 19.3 Å². The van der Waals surface area contributed by atoms with E-state index in [4.69, 9.17) is 9.47 Å². The fourth-order valence-electron chi connectivity index (χ4n) is 3.50. The molecule has 3 aromatic carbocycles. The van der Waals surface area contributed by atoms with Crippen molar-refractivity contribution in [1.82, 2.24) is 4.90 Å². The van der Waals surface area contributed by atoms with Crippen LogP contribution in [0.1, 0.15) is 18.1 Å². The quantitative estimate of drug-likeness (QED) is 0.219. The standard InChI is InChI=1S/C27H21F2IN2O5S/c1-2-36-22-12-16(11-21(30)25(22)37-15-17-5-3-4-6-20(17)29)13-23-26(34)32(27(35)38-23)14-24(33)31-19-9-7-18(28)8-10-19/h3-13H,2,14-15H2,1H3,(H,31,33)/b23-13-. The topological polar surface area (TPSA) is 84.9 Å². The number of hydrogen-bond acceptors (Lipinski definition) is 6. The fraction of sp³-hybridized carbons (Fsp3) is 0.148. The van der Waals surface area contributed by atoms with Gasteiger partial charge >= 0.3 is 0 Å². The predicted octanol–water partition coefficient (Wildman–Crippen LogP) is 6.22. The summed E-state index contributed by atoms with van der Waals surface area (Å²) >= 11 is 2.78. The highest BCUT2D eigenvalue weighted by Gasteiger charge is 2.36. The second kappa shape index (κ2) is 12.4. The number of thioether (sulfide) groups is 1. The minimum atomic E-state index is -0.609. The van der Waals surface area contributed by atoms with E-state index in [2.05, 4.69) is 27.9 Å². The Balaban J connectivity index is 1.49. The highest BCUT2D eigenvalue weighted by Crippen LogP contribution is 2.38. The van der Waals surface area contributed by atoms with Gasteiger partial charge in [0.2, 0.25) is 5.91 Å². The molecule has 1 heterocycles. The molecule has 1 fully saturated rings. The number of amides is 3. The fourth-order valence-corrected chi connectivity index (χ4v) is 5.12. The minimum absolute atomic E-state index is 0.000963. The van der Waals surface area contributed by atoms with Crippen LogP contribution in [0.25, 0.3) is 6.08 Å². The molecule has 0 atom stereocenters. The number of benzene rings is 3. The van der Waals surface area contributed by atoms with Crippen molar-refractivity contribution in [3.8, 4) is 11.5 Å². The van der Waals surface area contributed by atoms with E-state index in [0.29, 0.717) is 38.5 Å². The first-order chi connectivity index (χ1) is 18.2. The normalized spacial score (nSPS) is 14.2. The molecule has 4 rings (SSSR count). The molecule has 0 bridgehead atoms. The zero-order chi connectivity index (χ0) is 27.2. The molecule has 196 valence electrons. The molecule has 1 saturated heterocycles. The predicted molar refractivity (Wildman–Crippen MR) is 149 cm³/mol. The lowest BCUT2D eigenvalue weighted by molar-refractivity contribution is -0.127. The Morgan fingerprint density at radius 1 is 1.08 bits per heavy atom. The van der Waals surface area contributed by atoms with Crippen molar-refractivity contribution in [1.29, 1.82) is 0 Å². The van der Waals surface area contributed by atoms with Crippen molar-refractivity contribution in [2.45, 2.75) is 13.5 Å². The molecule has 38 heavy (non-hydrogen) atoms. The van der Waals surface area contributed by atoms with Gasteiger partial charge in [0.05, 0.1) is 15.1 Å². The van der Waals surface area contributed by atoms with E-state index in [1.807, 2.05) is 6.92 Å². The van der Waals surface area contributed by atoms with E-state index < -0.39 is 29.4 Å². The van der Waals surface area contributed by atoms with Gasteiger partial charge in [-0.2, -0.15) is 0 Å². The maximum absolute atomic E-state index is 14.0. The lowest BCUT2D eigenvalue weighted by Crippen LogP contribution is -2.36. The van der Waals surface area contributed by atoms with Crippen molar-refractivity contribution >= 4 is 63.2 Å². The molecule has 0 saturated carbocycles. The van der Waals surface area contributed by atoms with Crippen molar-refractivity contribution in [3.63, 3.8) is 0 Å². The largest absolute Gasteiger partial charge is 0.490 e. The van der Waals surface area contributed by atoms with Crippen LogP contribution in [0.3, 0.4) is 0 Å². The highest BCUT2D eigenvalue weighted by molar-refractivity contribution is 14.1. The highest BCUT2D eigenvalue weighted by atomic mass is 127. The summed E-state index contributed by atoms with van der Waals surface area (Å²) in [5, 5.41) is 1.95. The van der Waals surface area contributed by atoms with E-state index in [1.54, 1.807) is 30.3 Å². The molecule has 0 aliphatic carbocycles. The average Bonchev–Trinajstić information content (AvgIpc) is 3.13. The maximum Gasteiger partial charge on any atom is 0.294 e. The van der Waals surface area contributed by atoms with Crippen molar-refractivity contribution in [2.75, 3.05) is 18.5 Å². The number of rotatable bonds is 9. The van der Waals surface area contributed by atoms with Gasteiger partial charge in [0.25, 0.3) is 11.1 Å². The van der Waals surface area contributed by atoms with E-state index in [9.17, 15) is 23.2 Å². The second-order valence-electron chi connectivity index (χ2n) is 7.97. The number of imide groups is 1. The smallest absolute Gasteiger partial charge is 0.294 e. The number of ether oxygens (including phenoxy) is 2. The number of anilines is 1. The van der Waals surface area contributed by atoms with Gasteiger partial charge in [-0.1, -0.05) is 18.2 Å². The Kier molecular flexibility index (Phi) is 9.00. The van der Waals surface area contributed by atoms with Crippen LogP contribution < -0.4 is 14.8 Å².